The molecule has 5 nitrogen and oxygen atoms in total. The summed E-state index contributed by atoms with van der Waals surface area (Å²) in [5.41, 5.74) is -0.529. The molecule has 2 rings (SSSR count). The highest BCUT2D eigenvalue weighted by Crippen LogP contribution is 2.31. The van der Waals surface area contributed by atoms with Gasteiger partial charge in [0.05, 0.1) is 12.1 Å². The van der Waals surface area contributed by atoms with Crippen molar-refractivity contribution in [3.05, 3.63) is 0 Å². The number of likely N-dealkylation sites (tertiary alicyclic amines) is 1. The molecule has 2 fully saturated rings. The fourth-order valence-electron chi connectivity index (χ4n) is 3.36. The lowest BCUT2D eigenvalue weighted by atomic mass is 9.80. The number of rotatable bonds is 6. The first-order chi connectivity index (χ1) is 10.1. The highest BCUT2D eigenvalue weighted by molar-refractivity contribution is 5.80. The zero-order valence-electron chi connectivity index (χ0n) is 13.9. The number of likely N-dealkylation sites (N-methyl/N-ethyl adjacent to an activating group) is 1. The predicted molar refractivity (Wildman–Crippen MR) is 87.7 cm³/mol. The van der Waals surface area contributed by atoms with Gasteiger partial charge in [-0.25, -0.2) is 0 Å². The third-order valence-corrected chi connectivity index (χ3v) is 4.93. The number of hydrogen-bond acceptors (Lipinski definition) is 3. The fraction of sp³-hybridized carbons (Fsp3) is 0.938. The van der Waals surface area contributed by atoms with E-state index in [1.165, 1.54) is 6.42 Å². The number of aliphatic imine (C=N–C) groups is 1. The molecule has 1 heterocycles. The lowest BCUT2D eigenvalue weighted by Gasteiger charge is -2.35. The number of guanidine groups is 1. The van der Waals surface area contributed by atoms with Crippen LogP contribution in [0.25, 0.3) is 0 Å². The van der Waals surface area contributed by atoms with Crippen molar-refractivity contribution in [2.45, 2.75) is 58.1 Å². The van der Waals surface area contributed by atoms with Gasteiger partial charge in [0, 0.05) is 25.7 Å². The van der Waals surface area contributed by atoms with Crippen LogP contribution in [0.5, 0.6) is 0 Å². The van der Waals surface area contributed by atoms with Gasteiger partial charge in [-0.15, -0.1) is 0 Å². The Labute approximate surface area is 129 Å². The second kappa shape index (κ2) is 7.45. The predicted octanol–water partition coefficient (Wildman–Crippen LogP) is 1.28. The highest BCUT2D eigenvalue weighted by Gasteiger charge is 2.35. The molecule has 0 amide bonds. The van der Waals surface area contributed by atoms with Gasteiger partial charge in [0.2, 0.25) is 0 Å². The third kappa shape index (κ3) is 4.10. The zero-order valence-corrected chi connectivity index (χ0v) is 13.9. The van der Waals surface area contributed by atoms with E-state index in [0.29, 0.717) is 12.6 Å². The molecular formula is C16H32N4O. The van der Waals surface area contributed by atoms with Crippen molar-refractivity contribution in [3.8, 4) is 0 Å². The standard InChI is InChI=1S/C16H32N4O/c1-4-17-15(18-13-16(21)9-7-10-16)20-11-8-14(12-20)19(5-2)6-3/h14,21H,4-13H2,1-3H3,(H,17,18). The Morgan fingerprint density at radius 1 is 1.33 bits per heavy atom. The van der Waals surface area contributed by atoms with Crippen LogP contribution in [0.15, 0.2) is 4.99 Å². The van der Waals surface area contributed by atoms with Gasteiger partial charge in [-0.1, -0.05) is 13.8 Å². The molecule has 2 N–H and O–H groups in total. The van der Waals surface area contributed by atoms with Crippen molar-refractivity contribution < 1.29 is 5.11 Å². The Balaban J connectivity index is 1.94. The first-order valence-electron chi connectivity index (χ1n) is 8.61. The van der Waals surface area contributed by atoms with E-state index in [0.717, 1.165) is 57.9 Å². The largest absolute Gasteiger partial charge is 0.388 e. The minimum absolute atomic E-state index is 0.529. The Morgan fingerprint density at radius 2 is 2.05 bits per heavy atom. The van der Waals surface area contributed by atoms with E-state index in [4.69, 9.17) is 4.99 Å². The number of aliphatic hydroxyl groups is 1. The average molecular weight is 296 g/mol. The molecule has 0 radical (unpaired) electrons. The van der Waals surface area contributed by atoms with E-state index in [1.54, 1.807) is 0 Å². The molecule has 0 aromatic carbocycles. The van der Waals surface area contributed by atoms with Crippen LogP contribution >= 0.6 is 0 Å². The van der Waals surface area contributed by atoms with Crippen molar-refractivity contribution in [1.29, 1.82) is 0 Å². The Hall–Kier alpha value is -0.810. The van der Waals surface area contributed by atoms with Crippen LogP contribution in [-0.2, 0) is 0 Å². The summed E-state index contributed by atoms with van der Waals surface area (Å²) in [5.74, 6) is 0.979. The summed E-state index contributed by atoms with van der Waals surface area (Å²) < 4.78 is 0. The maximum Gasteiger partial charge on any atom is 0.194 e. The lowest BCUT2D eigenvalue weighted by molar-refractivity contribution is -0.0237. The number of nitrogens with one attached hydrogen (secondary N) is 1. The highest BCUT2D eigenvalue weighted by atomic mass is 16.3. The quantitative estimate of drug-likeness (QED) is 0.573. The first kappa shape index (κ1) is 16.6. The van der Waals surface area contributed by atoms with E-state index in [9.17, 15) is 5.11 Å². The summed E-state index contributed by atoms with van der Waals surface area (Å²) in [6, 6.07) is 0.635. The van der Waals surface area contributed by atoms with Crippen LogP contribution in [0.3, 0.4) is 0 Å². The van der Waals surface area contributed by atoms with E-state index in [2.05, 4.69) is 35.9 Å². The van der Waals surface area contributed by atoms with Crippen LogP contribution in [0, 0.1) is 0 Å². The van der Waals surface area contributed by atoms with Crippen molar-refractivity contribution in [2.24, 2.45) is 4.99 Å². The monoisotopic (exact) mass is 296 g/mol. The topological polar surface area (TPSA) is 51.1 Å². The van der Waals surface area contributed by atoms with Crippen LogP contribution in [0.2, 0.25) is 0 Å². The Morgan fingerprint density at radius 3 is 2.57 bits per heavy atom. The van der Waals surface area contributed by atoms with Crippen molar-refractivity contribution >= 4 is 5.96 Å². The van der Waals surface area contributed by atoms with E-state index in [1.807, 2.05) is 0 Å². The maximum atomic E-state index is 10.2. The van der Waals surface area contributed by atoms with Crippen molar-refractivity contribution in [2.75, 3.05) is 39.3 Å². The number of nitrogens with zero attached hydrogens (tertiary/aromatic N) is 3. The molecule has 0 aromatic heterocycles. The Bertz CT molecular complexity index is 350. The van der Waals surface area contributed by atoms with Crippen molar-refractivity contribution in [1.82, 2.24) is 15.1 Å². The lowest BCUT2D eigenvalue weighted by Crippen LogP contribution is -2.45. The average Bonchev–Trinajstić information content (AvgIpc) is 2.92. The van der Waals surface area contributed by atoms with E-state index < -0.39 is 5.60 Å². The van der Waals surface area contributed by atoms with Gasteiger partial charge < -0.3 is 15.3 Å². The molecule has 1 aliphatic carbocycles. The molecule has 5 heteroatoms. The molecular weight excluding hydrogens is 264 g/mol. The first-order valence-corrected chi connectivity index (χ1v) is 8.61. The normalized spacial score (nSPS) is 25.3. The molecule has 0 bridgehead atoms. The molecule has 122 valence electrons. The third-order valence-electron chi connectivity index (χ3n) is 4.93. The summed E-state index contributed by atoms with van der Waals surface area (Å²) in [6.45, 7) is 12.3. The van der Waals surface area contributed by atoms with Crippen LogP contribution < -0.4 is 5.32 Å². The molecule has 1 atom stereocenters. The number of hydrogen-bond donors (Lipinski definition) is 2. The molecule has 21 heavy (non-hydrogen) atoms. The van der Waals surface area contributed by atoms with E-state index in [-0.39, 0.29) is 0 Å². The van der Waals surface area contributed by atoms with Crippen LogP contribution in [0.4, 0.5) is 0 Å². The van der Waals surface area contributed by atoms with Gasteiger partial charge in [-0.2, -0.15) is 0 Å². The summed E-state index contributed by atoms with van der Waals surface area (Å²) in [4.78, 5) is 9.58. The van der Waals surface area contributed by atoms with Gasteiger partial charge in [0.15, 0.2) is 5.96 Å². The molecule has 0 spiro atoms. The maximum absolute atomic E-state index is 10.2. The minimum atomic E-state index is -0.529. The molecule has 1 unspecified atom stereocenters. The summed E-state index contributed by atoms with van der Waals surface area (Å²) >= 11 is 0. The molecule has 1 aliphatic heterocycles. The SMILES string of the molecule is CCNC(=NCC1(O)CCC1)N1CCC(N(CC)CC)C1. The van der Waals surface area contributed by atoms with Crippen LogP contribution in [-0.4, -0.2) is 71.8 Å². The minimum Gasteiger partial charge on any atom is -0.388 e. The molecule has 1 saturated heterocycles. The van der Waals surface area contributed by atoms with Gasteiger partial charge in [-0.05, 0) is 45.7 Å². The molecule has 2 aliphatic rings. The second-order valence-electron chi connectivity index (χ2n) is 6.36. The Kier molecular flexibility index (Phi) is 5.88. The zero-order chi connectivity index (χ0) is 15.3. The van der Waals surface area contributed by atoms with Gasteiger partial charge in [0.1, 0.15) is 0 Å². The smallest absolute Gasteiger partial charge is 0.194 e. The molecule has 1 saturated carbocycles. The molecule has 0 aromatic rings. The fourth-order valence-corrected chi connectivity index (χ4v) is 3.36. The van der Waals surface area contributed by atoms with Crippen molar-refractivity contribution in [3.63, 3.8) is 0 Å². The van der Waals surface area contributed by atoms with Gasteiger partial charge >= 0.3 is 0 Å². The summed E-state index contributed by atoms with van der Waals surface area (Å²) in [5, 5.41) is 13.6. The van der Waals surface area contributed by atoms with Crippen LogP contribution in [0.1, 0.15) is 46.5 Å². The van der Waals surface area contributed by atoms with Gasteiger partial charge in [-0.3, -0.25) is 9.89 Å². The summed E-state index contributed by atoms with van der Waals surface area (Å²) in [6.07, 6.45) is 4.14. The second-order valence-corrected chi connectivity index (χ2v) is 6.36. The van der Waals surface area contributed by atoms with E-state index >= 15 is 0 Å². The summed E-state index contributed by atoms with van der Waals surface area (Å²) in [7, 11) is 0. The van der Waals surface area contributed by atoms with Gasteiger partial charge in [0.25, 0.3) is 0 Å².